The van der Waals surface area contributed by atoms with Crippen LogP contribution in [0.5, 0.6) is 0 Å². The lowest BCUT2D eigenvalue weighted by Crippen LogP contribution is -2.56. The lowest BCUT2D eigenvalue weighted by molar-refractivity contribution is -0.279. The average Bonchev–Trinajstić information content (AvgIpc) is 2.68. The van der Waals surface area contributed by atoms with E-state index < -0.39 is 30.6 Å². The van der Waals surface area contributed by atoms with Crippen molar-refractivity contribution in [1.29, 1.82) is 0 Å². The highest BCUT2D eigenvalue weighted by atomic mass is 16.7. The minimum absolute atomic E-state index is 0.108. The molecule has 27 heavy (non-hydrogen) atoms. The topological polar surface area (TPSA) is 74.2 Å². The third-order valence-electron chi connectivity index (χ3n) is 4.30. The highest BCUT2D eigenvalue weighted by molar-refractivity contribution is 5.66. The average molecular weight is 372 g/mol. The van der Waals surface area contributed by atoms with Gasteiger partial charge in [-0.25, -0.2) is 0 Å². The van der Waals surface area contributed by atoms with E-state index in [0.29, 0.717) is 6.61 Å². The van der Waals surface area contributed by atoms with Gasteiger partial charge in [0.2, 0.25) is 0 Å². The van der Waals surface area contributed by atoms with E-state index in [1.807, 2.05) is 60.7 Å². The van der Waals surface area contributed by atoms with Gasteiger partial charge in [0, 0.05) is 6.92 Å². The summed E-state index contributed by atoms with van der Waals surface area (Å²) >= 11 is 0. The lowest BCUT2D eigenvalue weighted by Gasteiger charge is -2.39. The van der Waals surface area contributed by atoms with Crippen molar-refractivity contribution in [2.45, 2.75) is 44.7 Å². The Labute approximate surface area is 158 Å². The van der Waals surface area contributed by atoms with Crippen molar-refractivity contribution < 1.29 is 28.8 Å². The standard InChI is InChI=1S/C21H24O6/c1-15(22)27-19-18(24-12-16-8-4-2-5-9-16)14-26-21(23)20(19)25-13-17-10-6-3-7-11-17/h2-11,18-21,23H,12-14H2,1H3/t18-,19+,20-,21?/m1/s1. The highest BCUT2D eigenvalue weighted by Gasteiger charge is 2.43. The Hall–Kier alpha value is -2.25. The maximum Gasteiger partial charge on any atom is 0.303 e. The van der Waals surface area contributed by atoms with Crippen molar-refractivity contribution >= 4 is 5.97 Å². The smallest absolute Gasteiger partial charge is 0.303 e. The molecule has 3 rings (SSSR count). The normalized spacial score (nSPS) is 25.1. The van der Waals surface area contributed by atoms with Crippen LogP contribution in [0.15, 0.2) is 60.7 Å². The van der Waals surface area contributed by atoms with Crippen LogP contribution in [-0.4, -0.2) is 42.3 Å². The van der Waals surface area contributed by atoms with Gasteiger partial charge in [-0.3, -0.25) is 4.79 Å². The summed E-state index contributed by atoms with van der Waals surface area (Å²) in [6, 6.07) is 19.2. The van der Waals surface area contributed by atoms with E-state index in [2.05, 4.69) is 0 Å². The molecular formula is C21H24O6. The second-order valence-electron chi connectivity index (χ2n) is 6.39. The number of aliphatic hydroxyl groups is 1. The largest absolute Gasteiger partial charge is 0.457 e. The van der Waals surface area contributed by atoms with Crippen LogP contribution in [0.1, 0.15) is 18.1 Å². The summed E-state index contributed by atoms with van der Waals surface area (Å²) in [6.07, 6.45) is -3.35. The summed E-state index contributed by atoms with van der Waals surface area (Å²) in [4.78, 5) is 11.6. The first-order valence-electron chi connectivity index (χ1n) is 8.91. The van der Waals surface area contributed by atoms with Gasteiger partial charge in [0.25, 0.3) is 0 Å². The van der Waals surface area contributed by atoms with E-state index in [1.54, 1.807) is 0 Å². The molecule has 0 radical (unpaired) electrons. The van der Waals surface area contributed by atoms with E-state index in [-0.39, 0.29) is 13.2 Å². The van der Waals surface area contributed by atoms with Gasteiger partial charge in [-0.2, -0.15) is 0 Å². The summed E-state index contributed by atoms with van der Waals surface area (Å²) in [6.45, 7) is 2.03. The van der Waals surface area contributed by atoms with Crippen LogP contribution in [0.25, 0.3) is 0 Å². The van der Waals surface area contributed by atoms with Gasteiger partial charge in [-0.05, 0) is 11.1 Å². The Kier molecular flexibility index (Phi) is 6.95. The van der Waals surface area contributed by atoms with Gasteiger partial charge in [-0.1, -0.05) is 60.7 Å². The van der Waals surface area contributed by atoms with E-state index in [4.69, 9.17) is 18.9 Å². The van der Waals surface area contributed by atoms with Crippen molar-refractivity contribution in [3.8, 4) is 0 Å². The minimum Gasteiger partial charge on any atom is -0.457 e. The Balaban J connectivity index is 1.68. The first-order chi connectivity index (χ1) is 13.1. The number of hydrogen-bond acceptors (Lipinski definition) is 6. The van der Waals surface area contributed by atoms with Crippen LogP contribution in [0.3, 0.4) is 0 Å². The Morgan fingerprint density at radius 2 is 1.52 bits per heavy atom. The molecule has 0 bridgehead atoms. The fraction of sp³-hybridized carbons (Fsp3) is 0.381. The molecule has 1 heterocycles. The van der Waals surface area contributed by atoms with E-state index in [0.717, 1.165) is 11.1 Å². The number of carbonyl (C=O) groups is 1. The van der Waals surface area contributed by atoms with Gasteiger partial charge in [-0.15, -0.1) is 0 Å². The summed E-state index contributed by atoms with van der Waals surface area (Å²) in [5, 5.41) is 10.2. The van der Waals surface area contributed by atoms with E-state index in [9.17, 15) is 9.90 Å². The molecule has 0 aromatic heterocycles. The maximum atomic E-state index is 11.6. The fourth-order valence-electron chi connectivity index (χ4n) is 2.96. The zero-order valence-electron chi connectivity index (χ0n) is 15.2. The van der Waals surface area contributed by atoms with Crippen LogP contribution < -0.4 is 0 Å². The highest BCUT2D eigenvalue weighted by Crippen LogP contribution is 2.24. The predicted molar refractivity (Wildman–Crippen MR) is 97.6 cm³/mol. The summed E-state index contributed by atoms with van der Waals surface area (Å²) < 4.78 is 22.6. The van der Waals surface area contributed by atoms with Gasteiger partial charge in [0.15, 0.2) is 12.4 Å². The second kappa shape index (κ2) is 9.62. The van der Waals surface area contributed by atoms with Crippen molar-refractivity contribution in [2.75, 3.05) is 6.61 Å². The first kappa shape index (κ1) is 19.5. The van der Waals surface area contributed by atoms with Crippen LogP contribution >= 0.6 is 0 Å². The number of benzene rings is 2. The third kappa shape index (κ3) is 5.61. The van der Waals surface area contributed by atoms with Gasteiger partial charge in [0.1, 0.15) is 12.2 Å². The molecule has 0 aliphatic carbocycles. The lowest BCUT2D eigenvalue weighted by atomic mass is 10.0. The number of carbonyl (C=O) groups excluding carboxylic acids is 1. The van der Waals surface area contributed by atoms with Crippen LogP contribution in [0.4, 0.5) is 0 Å². The monoisotopic (exact) mass is 372 g/mol. The number of ether oxygens (including phenoxy) is 4. The number of esters is 1. The van der Waals surface area contributed by atoms with Gasteiger partial charge >= 0.3 is 5.97 Å². The summed E-state index contributed by atoms with van der Waals surface area (Å²) in [5.74, 6) is -0.462. The molecule has 2 aromatic rings. The van der Waals surface area contributed by atoms with Gasteiger partial charge in [0.05, 0.1) is 19.8 Å². The Bertz CT molecular complexity index is 705. The number of rotatable bonds is 7. The number of hydrogen-bond donors (Lipinski definition) is 1. The third-order valence-corrected chi connectivity index (χ3v) is 4.30. The molecule has 6 heteroatoms. The van der Waals surface area contributed by atoms with Gasteiger partial charge < -0.3 is 24.1 Å². The van der Waals surface area contributed by atoms with Crippen molar-refractivity contribution in [2.24, 2.45) is 0 Å². The molecule has 4 atom stereocenters. The molecule has 0 spiro atoms. The Morgan fingerprint density at radius 3 is 2.07 bits per heavy atom. The molecular weight excluding hydrogens is 348 g/mol. The molecule has 1 N–H and O–H groups in total. The molecule has 1 aliphatic heterocycles. The van der Waals surface area contributed by atoms with Crippen LogP contribution in [0, 0.1) is 0 Å². The van der Waals surface area contributed by atoms with E-state index in [1.165, 1.54) is 6.92 Å². The quantitative estimate of drug-likeness (QED) is 0.753. The Morgan fingerprint density at radius 1 is 0.963 bits per heavy atom. The van der Waals surface area contributed by atoms with E-state index >= 15 is 0 Å². The SMILES string of the molecule is CC(=O)O[C@H]1[C@H](OCc2ccccc2)COC(O)[C@@H]1OCc1ccccc1. The van der Waals surface area contributed by atoms with Crippen molar-refractivity contribution in [3.05, 3.63) is 71.8 Å². The molecule has 1 fully saturated rings. The predicted octanol–water partition coefficient (Wildman–Crippen LogP) is 2.44. The fourth-order valence-corrected chi connectivity index (χ4v) is 2.96. The van der Waals surface area contributed by atoms with Crippen LogP contribution in [0.2, 0.25) is 0 Å². The molecule has 1 unspecified atom stereocenters. The second-order valence-corrected chi connectivity index (χ2v) is 6.39. The zero-order valence-corrected chi connectivity index (χ0v) is 15.2. The molecule has 0 amide bonds. The van der Waals surface area contributed by atoms with Crippen molar-refractivity contribution in [1.82, 2.24) is 0 Å². The molecule has 1 aliphatic rings. The molecule has 0 saturated carbocycles. The molecule has 2 aromatic carbocycles. The molecule has 6 nitrogen and oxygen atoms in total. The molecule has 144 valence electrons. The minimum atomic E-state index is -1.20. The van der Waals surface area contributed by atoms with Crippen molar-refractivity contribution in [3.63, 3.8) is 0 Å². The number of aliphatic hydroxyl groups excluding tert-OH is 1. The molecule has 1 saturated heterocycles. The summed E-state index contributed by atoms with van der Waals surface area (Å²) in [5.41, 5.74) is 1.94. The maximum absolute atomic E-state index is 11.6. The summed E-state index contributed by atoms with van der Waals surface area (Å²) in [7, 11) is 0. The zero-order chi connectivity index (χ0) is 19.1. The van der Waals surface area contributed by atoms with Crippen LogP contribution in [-0.2, 0) is 37.0 Å². The first-order valence-corrected chi connectivity index (χ1v) is 8.91.